The van der Waals surface area contributed by atoms with Crippen molar-refractivity contribution >= 4 is 17.4 Å². The summed E-state index contributed by atoms with van der Waals surface area (Å²) in [6.07, 6.45) is 4.25. The van der Waals surface area contributed by atoms with Gasteiger partial charge in [0.25, 0.3) is 0 Å². The molecule has 1 atom stereocenters. The van der Waals surface area contributed by atoms with Crippen molar-refractivity contribution in [1.82, 2.24) is 4.90 Å². The van der Waals surface area contributed by atoms with E-state index < -0.39 is 0 Å². The highest BCUT2D eigenvalue weighted by Gasteiger charge is 2.37. The van der Waals surface area contributed by atoms with Crippen LogP contribution in [0, 0.1) is 17.2 Å². The van der Waals surface area contributed by atoms with Gasteiger partial charge in [0.15, 0.2) is 0 Å². The summed E-state index contributed by atoms with van der Waals surface area (Å²) >= 11 is 5.95. The Hall–Kier alpha value is -1.37. The Bertz CT molecular complexity index is 582. The summed E-state index contributed by atoms with van der Waals surface area (Å²) in [4.78, 5) is 13.8. The van der Waals surface area contributed by atoms with Crippen LogP contribution in [-0.4, -0.2) is 30.3 Å². The molecule has 2 fully saturated rings. The summed E-state index contributed by atoms with van der Waals surface area (Å²) in [7, 11) is 0. The molecule has 1 saturated carbocycles. The van der Waals surface area contributed by atoms with Crippen LogP contribution in [0.1, 0.15) is 37.7 Å². The molecule has 1 aliphatic heterocycles. The van der Waals surface area contributed by atoms with E-state index in [1.807, 2.05) is 24.3 Å². The van der Waals surface area contributed by atoms with Crippen molar-refractivity contribution in [3.8, 4) is 6.07 Å². The van der Waals surface area contributed by atoms with Crippen LogP contribution in [0.5, 0.6) is 0 Å². The van der Waals surface area contributed by atoms with E-state index in [-0.39, 0.29) is 5.41 Å². The topological polar surface area (TPSA) is 44.1 Å². The number of piperidine rings is 1. The van der Waals surface area contributed by atoms with Crippen LogP contribution in [0.4, 0.5) is 0 Å². The summed E-state index contributed by atoms with van der Waals surface area (Å²) in [5, 5.41) is 10.4. The van der Waals surface area contributed by atoms with Crippen molar-refractivity contribution in [2.24, 2.45) is 5.92 Å². The molecule has 1 heterocycles. The number of nitrogens with zero attached hydrogens (tertiary/aromatic N) is 2. The quantitative estimate of drug-likeness (QED) is 0.856. The van der Waals surface area contributed by atoms with Gasteiger partial charge in [-0.3, -0.25) is 4.79 Å². The first-order valence-electron chi connectivity index (χ1n) is 8.03. The lowest BCUT2D eigenvalue weighted by atomic mass is 9.74. The molecule has 3 nitrogen and oxygen atoms in total. The molecule has 0 N–H and O–H groups in total. The van der Waals surface area contributed by atoms with Crippen LogP contribution in [0.25, 0.3) is 0 Å². The summed E-state index contributed by atoms with van der Waals surface area (Å²) in [5.74, 6) is 0.937. The fourth-order valence-electron chi connectivity index (χ4n) is 3.76. The minimum atomic E-state index is -0.382. The Morgan fingerprint density at radius 1 is 1.27 bits per heavy atom. The van der Waals surface area contributed by atoms with Crippen LogP contribution in [-0.2, 0) is 10.2 Å². The molecule has 1 aromatic rings. The number of nitriles is 1. The standard InChI is InChI=1S/C18H21ClN2O/c19-16-4-2-15(3-5-16)18(13-20)7-9-21(10-8-18)12-14-1-6-17(22)11-14/h2-5,14H,1,6-12H2. The Balaban J connectivity index is 1.62. The zero-order valence-electron chi connectivity index (χ0n) is 12.7. The Labute approximate surface area is 136 Å². The molecule has 1 saturated heterocycles. The van der Waals surface area contributed by atoms with Gasteiger partial charge < -0.3 is 4.90 Å². The third-order valence-corrected chi connectivity index (χ3v) is 5.44. The zero-order valence-corrected chi connectivity index (χ0v) is 13.5. The van der Waals surface area contributed by atoms with Gasteiger partial charge in [-0.05, 0) is 56.0 Å². The summed E-state index contributed by atoms with van der Waals surface area (Å²) < 4.78 is 0. The van der Waals surface area contributed by atoms with Gasteiger partial charge in [0.05, 0.1) is 11.5 Å². The molecule has 4 heteroatoms. The fourth-order valence-corrected chi connectivity index (χ4v) is 3.89. The number of hydrogen-bond acceptors (Lipinski definition) is 3. The van der Waals surface area contributed by atoms with Crippen molar-refractivity contribution in [2.75, 3.05) is 19.6 Å². The van der Waals surface area contributed by atoms with E-state index in [1.54, 1.807) is 0 Å². The highest BCUT2D eigenvalue weighted by molar-refractivity contribution is 6.30. The van der Waals surface area contributed by atoms with Gasteiger partial charge in [-0.2, -0.15) is 5.26 Å². The predicted octanol–water partition coefficient (Wildman–Crippen LogP) is 3.57. The van der Waals surface area contributed by atoms with Gasteiger partial charge in [-0.1, -0.05) is 23.7 Å². The predicted molar refractivity (Wildman–Crippen MR) is 86.8 cm³/mol. The second-order valence-electron chi connectivity index (χ2n) is 6.65. The maximum Gasteiger partial charge on any atom is 0.133 e. The summed E-state index contributed by atoms with van der Waals surface area (Å²) in [5.41, 5.74) is 0.696. The average molecular weight is 317 g/mol. The molecule has 3 rings (SSSR count). The molecule has 0 bridgehead atoms. The Kier molecular flexibility index (Phi) is 4.52. The number of ketones is 1. The maximum atomic E-state index is 11.4. The van der Waals surface area contributed by atoms with Crippen LogP contribution in [0.2, 0.25) is 5.02 Å². The molecule has 0 amide bonds. The number of rotatable bonds is 3. The number of hydrogen-bond donors (Lipinski definition) is 0. The second-order valence-corrected chi connectivity index (χ2v) is 7.09. The molecule has 2 aliphatic rings. The lowest BCUT2D eigenvalue weighted by Gasteiger charge is -2.38. The number of Topliss-reactive ketones (excluding diaryl/α,β-unsaturated/α-hetero) is 1. The van der Waals surface area contributed by atoms with E-state index in [9.17, 15) is 10.1 Å². The average Bonchev–Trinajstić information content (AvgIpc) is 2.94. The molecule has 0 spiro atoms. The first kappa shape index (κ1) is 15.5. The highest BCUT2D eigenvalue weighted by atomic mass is 35.5. The summed E-state index contributed by atoms with van der Waals surface area (Å²) in [6, 6.07) is 10.3. The van der Waals surface area contributed by atoms with Crippen molar-refractivity contribution < 1.29 is 4.79 Å². The van der Waals surface area contributed by atoms with Crippen LogP contribution >= 0.6 is 11.6 Å². The minimum absolute atomic E-state index is 0.382. The van der Waals surface area contributed by atoms with E-state index in [0.717, 1.165) is 57.3 Å². The van der Waals surface area contributed by atoms with Gasteiger partial charge in [-0.25, -0.2) is 0 Å². The van der Waals surface area contributed by atoms with Crippen LogP contribution in [0.3, 0.4) is 0 Å². The van der Waals surface area contributed by atoms with Crippen LogP contribution < -0.4 is 0 Å². The number of carbonyl (C=O) groups excluding carboxylic acids is 1. The van der Waals surface area contributed by atoms with Gasteiger partial charge in [0.2, 0.25) is 0 Å². The Morgan fingerprint density at radius 3 is 2.50 bits per heavy atom. The van der Waals surface area contributed by atoms with E-state index in [2.05, 4.69) is 11.0 Å². The van der Waals surface area contributed by atoms with Crippen molar-refractivity contribution in [3.05, 3.63) is 34.9 Å². The monoisotopic (exact) mass is 316 g/mol. The number of carbonyl (C=O) groups is 1. The molecule has 1 aliphatic carbocycles. The number of halogens is 1. The largest absolute Gasteiger partial charge is 0.303 e. The van der Waals surface area contributed by atoms with E-state index in [4.69, 9.17) is 11.6 Å². The van der Waals surface area contributed by atoms with Crippen LogP contribution in [0.15, 0.2) is 24.3 Å². The van der Waals surface area contributed by atoms with E-state index in [1.165, 1.54) is 0 Å². The molecule has 1 unspecified atom stereocenters. The lowest BCUT2D eigenvalue weighted by Crippen LogP contribution is -2.43. The second kappa shape index (κ2) is 6.40. The molecule has 0 aromatic heterocycles. The molecule has 116 valence electrons. The van der Waals surface area contributed by atoms with Crippen molar-refractivity contribution in [3.63, 3.8) is 0 Å². The third-order valence-electron chi connectivity index (χ3n) is 5.18. The first-order valence-corrected chi connectivity index (χ1v) is 8.40. The zero-order chi connectivity index (χ0) is 15.6. The van der Waals surface area contributed by atoms with E-state index >= 15 is 0 Å². The maximum absolute atomic E-state index is 11.4. The highest BCUT2D eigenvalue weighted by Crippen LogP contribution is 2.36. The van der Waals surface area contributed by atoms with Gasteiger partial charge in [0, 0.05) is 24.4 Å². The van der Waals surface area contributed by atoms with Crippen molar-refractivity contribution in [1.29, 1.82) is 5.26 Å². The molecule has 1 aromatic carbocycles. The Morgan fingerprint density at radius 2 is 1.95 bits per heavy atom. The molecular weight excluding hydrogens is 296 g/mol. The number of benzene rings is 1. The van der Waals surface area contributed by atoms with Gasteiger partial charge in [0.1, 0.15) is 5.78 Å². The minimum Gasteiger partial charge on any atom is -0.303 e. The lowest BCUT2D eigenvalue weighted by molar-refractivity contribution is -0.117. The third kappa shape index (κ3) is 3.19. The summed E-state index contributed by atoms with van der Waals surface area (Å²) in [6.45, 7) is 2.87. The molecule has 22 heavy (non-hydrogen) atoms. The SMILES string of the molecule is N#CC1(c2ccc(Cl)cc2)CCN(CC2CCC(=O)C2)CC1. The van der Waals surface area contributed by atoms with Crippen molar-refractivity contribution in [2.45, 2.75) is 37.5 Å². The smallest absolute Gasteiger partial charge is 0.133 e. The molecular formula is C18H21ClN2O. The van der Waals surface area contributed by atoms with Gasteiger partial charge in [-0.15, -0.1) is 0 Å². The molecule has 0 radical (unpaired) electrons. The normalized spacial score (nSPS) is 25.1. The van der Waals surface area contributed by atoms with E-state index in [0.29, 0.717) is 16.7 Å². The fraction of sp³-hybridized carbons (Fsp3) is 0.556. The first-order chi connectivity index (χ1) is 10.6. The van der Waals surface area contributed by atoms with Gasteiger partial charge >= 0.3 is 0 Å². The number of likely N-dealkylation sites (tertiary alicyclic amines) is 1.